The number of amides is 2. The van der Waals surface area contributed by atoms with E-state index in [1.807, 2.05) is 6.92 Å². The highest BCUT2D eigenvalue weighted by atomic mass is 16.5. The molecule has 0 aliphatic heterocycles. The monoisotopic (exact) mass is 326 g/mol. The van der Waals surface area contributed by atoms with Gasteiger partial charge in [-0.1, -0.05) is 6.07 Å². The van der Waals surface area contributed by atoms with Gasteiger partial charge in [-0.3, -0.25) is 14.6 Å². The van der Waals surface area contributed by atoms with Gasteiger partial charge in [-0.25, -0.2) is 5.43 Å². The van der Waals surface area contributed by atoms with Crippen molar-refractivity contribution in [3.8, 4) is 5.75 Å². The third-order valence-corrected chi connectivity index (χ3v) is 2.93. The predicted octanol–water partition coefficient (Wildman–Crippen LogP) is 1.25. The molecule has 0 spiro atoms. The fourth-order valence-corrected chi connectivity index (χ4v) is 1.79. The summed E-state index contributed by atoms with van der Waals surface area (Å²) in [6, 6.07) is 12.5. The number of hydrazone groups is 1. The third kappa shape index (κ3) is 5.53. The maximum Gasteiger partial charge on any atom is 0.329 e. The van der Waals surface area contributed by atoms with Crippen LogP contribution in [0.25, 0.3) is 0 Å². The van der Waals surface area contributed by atoms with Crippen LogP contribution in [-0.4, -0.2) is 29.6 Å². The Labute approximate surface area is 139 Å². The van der Waals surface area contributed by atoms with Gasteiger partial charge in [0, 0.05) is 6.20 Å². The van der Waals surface area contributed by atoms with Crippen molar-refractivity contribution in [3.63, 3.8) is 0 Å². The van der Waals surface area contributed by atoms with E-state index < -0.39 is 11.8 Å². The van der Waals surface area contributed by atoms with Gasteiger partial charge in [0.2, 0.25) is 0 Å². The van der Waals surface area contributed by atoms with Crippen molar-refractivity contribution in [2.45, 2.75) is 13.5 Å². The number of hydrogen-bond donors (Lipinski definition) is 2. The molecule has 0 atom stereocenters. The summed E-state index contributed by atoms with van der Waals surface area (Å²) in [6.45, 7) is 2.68. The summed E-state index contributed by atoms with van der Waals surface area (Å²) in [6.07, 6.45) is 3.06. The molecule has 0 aliphatic carbocycles. The molecule has 2 rings (SSSR count). The Balaban J connectivity index is 1.78. The largest absolute Gasteiger partial charge is 0.494 e. The van der Waals surface area contributed by atoms with Crippen LogP contribution in [-0.2, 0) is 16.1 Å². The van der Waals surface area contributed by atoms with Gasteiger partial charge in [-0.2, -0.15) is 5.10 Å². The Bertz CT molecular complexity index is 700. The lowest BCUT2D eigenvalue weighted by molar-refractivity contribution is -0.139. The lowest BCUT2D eigenvalue weighted by Crippen LogP contribution is -2.37. The normalized spacial score (nSPS) is 10.4. The third-order valence-electron chi connectivity index (χ3n) is 2.93. The van der Waals surface area contributed by atoms with Crippen molar-refractivity contribution in [1.82, 2.24) is 15.7 Å². The van der Waals surface area contributed by atoms with Crippen molar-refractivity contribution in [1.29, 1.82) is 0 Å². The molecule has 24 heavy (non-hydrogen) atoms. The zero-order valence-electron chi connectivity index (χ0n) is 13.2. The zero-order valence-corrected chi connectivity index (χ0v) is 13.2. The number of pyridine rings is 1. The second-order valence-corrected chi connectivity index (χ2v) is 4.70. The highest BCUT2D eigenvalue weighted by Crippen LogP contribution is 2.10. The number of ether oxygens (including phenoxy) is 1. The van der Waals surface area contributed by atoms with E-state index in [2.05, 4.69) is 20.8 Å². The van der Waals surface area contributed by atoms with Gasteiger partial charge >= 0.3 is 11.8 Å². The van der Waals surface area contributed by atoms with Crippen molar-refractivity contribution in [2.75, 3.05) is 6.61 Å². The summed E-state index contributed by atoms with van der Waals surface area (Å²) in [4.78, 5) is 27.3. The molecule has 2 amide bonds. The Morgan fingerprint density at radius 2 is 1.96 bits per heavy atom. The first-order valence-corrected chi connectivity index (χ1v) is 7.43. The molecule has 2 aromatic rings. The average molecular weight is 326 g/mol. The number of aromatic nitrogens is 1. The van der Waals surface area contributed by atoms with Gasteiger partial charge < -0.3 is 10.1 Å². The second-order valence-electron chi connectivity index (χ2n) is 4.70. The Morgan fingerprint density at radius 3 is 2.62 bits per heavy atom. The van der Waals surface area contributed by atoms with E-state index in [1.54, 1.807) is 48.7 Å². The lowest BCUT2D eigenvalue weighted by atomic mass is 10.2. The molecule has 0 saturated heterocycles. The average Bonchev–Trinajstić information content (AvgIpc) is 2.62. The van der Waals surface area contributed by atoms with Crippen molar-refractivity contribution < 1.29 is 14.3 Å². The number of rotatable bonds is 6. The molecule has 0 fully saturated rings. The van der Waals surface area contributed by atoms with Gasteiger partial charge in [0.15, 0.2) is 0 Å². The molecule has 0 radical (unpaired) electrons. The molecule has 1 aromatic heterocycles. The molecule has 2 N–H and O–H groups in total. The topological polar surface area (TPSA) is 92.7 Å². The van der Waals surface area contributed by atoms with Crippen LogP contribution in [0.3, 0.4) is 0 Å². The van der Waals surface area contributed by atoms with Gasteiger partial charge in [0.05, 0.1) is 25.1 Å². The van der Waals surface area contributed by atoms with Crippen LogP contribution in [0.15, 0.2) is 53.8 Å². The molecular formula is C17H18N4O3. The molecule has 0 aliphatic rings. The molecule has 0 unspecified atom stereocenters. The van der Waals surface area contributed by atoms with E-state index in [0.717, 1.165) is 11.3 Å². The summed E-state index contributed by atoms with van der Waals surface area (Å²) in [5.74, 6) is -0.856. The molecule has 0 saturated carbocycles. The van der Waals surface area contributed by atoms with Crippen LogP contribution in [0.4, 0.5) is 0 Å². The van der Waals surface area contributed by atoms with Crippen LogP contribution >= 0.6 is 0 Å². The molecule has 7 heteroatoms. The van der Waals surface area contributed by atoms with Gasteiger partial charge in [-0.05, 0) is 48.9 Å². The number of nitrogens with one attached hydrogen (secondary N) is 2. The summed E-state index contributed by atoms with van der Waals surface area (Å²) >= 11 is 0. The molecule has 1 aromatic carbocycles. The summed E-state index contributed by atoms with van der Waals surface area (Å²) in [7, 11) is 0. The maximum atomic E-state index is 11.6. The fourth-order valence-electron chi connectivity index (χ4n) is 1.79. The van der Waals surface area contributed by atoms with E-state index in [9.17, 15) is 9.59 Å². The maximum absolute atomic E-state index is 11.6. The summed E-state index contributed by atoms with van der Waals surface area (Å²) in [5, 5.41) is 6.22. The number of nitrogens with zero attached hydrogens (tertiary/aromatic N) is 2. The summed E-state index contributed by atoms with van der Waals surface area (Å²) in [5.41, 5.74) is 3.61. The first kappa shape index (κ1) is 17.1. The quantitative estimate of drug-likeness (QED) is 0.475. The first-order chi connectivity index (χ1) is 11.7. The minimum absolute atomic E-state index is 0.176. The van der Waals surface area contributed by atoms with Gasteiger partial charge in [0.1, 0.15) is 5.75 Å². The minimum Gasteiger partial charge on any atom is -0.494 e. The van der Waals surface area contributed by atoms with Gasteiger partial charge in [-0.15, -0.1) is 0 Å². The van der Waals surface area contributed by atoms with Crippen molar-refractivity contribution in [3.05, 3.63) is 59.9 Å². The molecule has 0 bridgehead atoms. The number of carbonyl (C=O) groups excluding carboxylic acids is 2. The summed E-state index contributed by atoms with van der Waals surface area (Å²) < 4.78 is 5.33. The zero-order chi connectivity index (χ0) is 17.2. The van der Waals surface area contributed by atoms with Crippen molar-refractivity contribution >= 4 is 18.0 Å². The van der Waals surface area contributed by atoms with E-state index in [4.69, 9.17) is 4.74 Å². The molecule has 124 valence electrons. The first-order valence-electron chi connectivity index (χ1n) is 7.43. The number of hydrogen-bond acceptors (Lipinski definition) is 5. The Hall–Kier alpha value is -3.22. The smallest absolute Gasteiger partial charge is 0.329 e. The van der Waals surface area contributed by atoms with Crippen LogP contribution in [0.5, 0.6) is 5.75 Å². The van der Waals surface area contributed by atoms with Crippen molar-refractivity contribution in [2.24, 2.45) is 5.10 Å². The minimum atomic E-state index is -0.840. The highest BCUT2D eigenvalue weighted by molar-refractivity contribution is 6.35. The van der Waals surface area contributed by atoms with E-state index >= 15 is 0 Å². The van der Waals surface area contributed by atoms with Crippen LogP contribution in [0.2, 0.25) is 0 Å². The van der Waals surface area contributed by atoms with E-state index in [1.165, 1.54) is 6.21 Å². The van der Waals surface area contributed by atoms with E-state index in [0.29, 0.717) is 12.3 Å². The molecule has 1 heterocycles. The van der Waals surface area contributed by atoms with Gasteiger partial charge in [0.25, 0.3) is 0 Å². The fraction of sp³-hybridized carbons (Fsp3) is 0.176. The Morgan fingerprint density at radius 1 is 1.17 bits per heavy atom. The molecular weight excluding hydrogens is 308 g/mol. The van der Waals surface area contributed by atoms with E-state index in [-0.39, 0.29) is 6.54 Å². The lowest BCUT2D eigenvalue weighted by Gasteiger charge is -2.03. The SMILES string of the molecule is CCOc1ccc(/C=N\NC(=O)C(=O)NCc2ccccn2)cc1. The Kier molecular flexibility index (Phi) is 6.46. The standard InChI is InChI=1S/C17H18N4O3/c1-2-24-15-8-6-13(7-9-15)11-20-21-17(23)16(22)19-12-14-5-3-4-10-18-14/h3-11H,2,12H2,1H3,(H,19,22)(H,21,23)/b20-11-. The van der Waals surface area contributed by atoms with Crippen LogP contribution in [0.1, 0.15) is 18.2 Å². The van der Waals surface area contributed by atoms with Crippen LogP contribution < -0.4 is 15.5 Å². The highest BCUT2D eigenvalue weighted by Gasteiger charge is 2.11. The second kappa shape index (κ2) is 9.04. The number of benzene rings is 1. The number of carbonyl (C=O) groups is 2. The molecule has 7 nitrogen and oxygen atoms in total. The predicted molar refractivity (Wildman–Crippen MR) is 89.4 cm³/mol. The van der Waals surface area contributed by atoms with Crippen LogP contribution in [0, 0.1) is 0 Å².